The number of anilines is 2. The van der Waals surface area contributed by atoms with E-state index in [0.717, 1.165) is 0 Å². The molecular weight excluding hydrogens is 280 g/mol. The zero-order chi connectivity index (χ0) is 16.7. The monoisotopic (exact) mass is 305 g/mol. The van der Waals surface area contributed by atoms with E-state index in [9.17, 15) is 0 Å². The van der Waals surface area contributed by atoms with Crippen molar-refractivity contribution in [1.29, 1.82) is 0 Å². The van der Waals surface area contributed by atoms with E-state index in [4.69, 9.17) is 0 Å². The molecule has 0 atom stereocenters. The number of aryl methyl sites for hydroxylation is 6. The number of hydrogen-bond donors (Lipinski definition) is 0. The van der Waals surface area contributed by atoms with Gasteiger partial charge in [0, 0.05) is 23.8 Å². The van der Waals surface area contributed by atoms with Gasteiger partial charge < -0.3 is 9.80 Å². The summed E-state index contributed by atoms with van der Waals surface area (Å²) in [6.45, 7) is 15.2. The first-order valence-corrected chi connectivity index (χ1v) is 8.12. The molecule has 0 amide bonds. The lowest BCUT2D eigenvalue weighted by molar-refractivity contribution is 1.07. The molecule has 1 heterocycles. The summed E-state index contributed by atoms with van der Waals surface area (Å²) < 4.78 is 0. The SMILES string of the molecule is Cc1cc(C)c(N2[CH]N(c3c(C)cc(C)cc3C)C=C2)c(C)c1. The molecule has 2 aromatic carbocycles. The third-order valence-electron chi connectivity index (χ3n) is 4.42. The van der Waals surface area contributed by atoms with E-state index in [1.807, 2.05) is 0 Å². The van der Waals surface area contributed by atoms with Gasteiger partial charge in [0.05, 0.1) is 0 Å². The minimum Gasteiger partial charge on any atom is -0.321 e. The highest BCUT2D eigenvalue weighted by molar-refractivity contribution is 5.71. The summed E-state index contributed by atoms with van der Waals surface area (Å²) in [7, 11) is 0. The molecule has 0 bridgehead atoms. The Balaban J connectivity index is 1.93. The number of hydrogen-bond acceptors (Lipinski definition) is 2. The molecular formula is C21H25N2. The van der Waals surface area contributed by atoms with E-state index in [2.05, 4.69) is 94.7 Å². The lowest BCUT2D eigenvalue weighted by Crippen LogP contribution is -2.21. The zero-order valence-corrected chi connectivity index (χ0v) is 14.9. The van der Waals surface area contributed by atoms with Gasteiger partial charge in [-0.25, -0.2) is 0 Å². The average molecular weight is 305 g/mol. The highest BCUT2D eigenvalue weighted by Crippen LogP contribution is 2.35. The van der Waals surface area contributed by atoms with Crippen LogP contribution in [0.2, 0.25) is 0 Å². The van der Waals surface area contributed by atoms with E-state index in [1.54, 1.807) is 0 Å². The van der Waals surface area contributed by atoms with Crippen molar-refractivity contribution in [3.05, 3.63) is 76.7 Å². The normalized spacial score (nSPS) is 14.0. The third kappa shape index (κ3) is 2.86. The van der Waals surface area contributed by atoms with Crippen LogP contribution in [-0.2, 0) is 0 Å². The Bertz CT molecular complexity index is 675. The summed E-state index contributed by atoms with van der Waals surface area (Å²) in [6.07, 6.45) is 4.28. The molecule has 0 spiro atoms. The van der Waals surface area contributed by atoms with Gasteiger partial charge in [-0.15, -0.1) is 0 Å². The topological polar surface area (TPSA) is 6.48 Å². The molecule has 1 aliphatic rings. The Morgan fingerprint density at radius 1 is 0.522 bits per heavy atom. The molecule has 0 fully saturated rings. The van der Waals surface area contributed by atoms with Gasteiger partial charge in [0.25, 0.3) is 0 Å². The van der Waals surface area contributed by atoms with E-state index < -0.39 is 0 Å². The van der Waals surface area contributed by atoms with E-state index >= 15 is 0 Å². The maximum atomic E-state index is 2.25. The van der Waals surface area contributed by atoms with E-state index in [0.29, 0.717) is 0 Å². The number of rotatable bonds is 2. The largest absolute Gasteiger partial charge is 0.321 e. The molecule has 0 aromatic heterocycles. The van der Waals surface area contributed by atoms with Crippen LogP contribution in [0.1, 0.15) is 33.4 Å². The Morgan fingerprint density at radius 2 is 0.826 bits per heavy atom. The Hall–Kier alpha value is -2.22. The molecule has 0 saturated carbocycles. The second-order valence-corrected chi connectivity index (χ2v) is 6.72. The molecule has 2 aromatic rings. The predicted molar refractivity (Wildman–Crippen MR) is 99.7 cm³/mol. The Labute approximate surface area is 140 Å². The quantitative estimate of drug-likeness (QED) is 0.727. The number of nitrogens with zero attached hydrogens (tertiary/aromatic N) is 2. The van der Waals surface area contributed by atoms with Crippen LogP contribution in [-0.4, -0.2) is 0 Å². The van der Waals surface area contributed by atoms with Crippen LogP contribution in [0.5, 0.6) is 0 Å². The van der Waals surface area contributed by atoms with Crippen LogP contribution < -0.4 is 9.80 Å². The lowest BCUT2D eigenvalue weighted by atomic mass is 10.0. The van der Waals surface area contributed by atoms with Gasteiger partial charge in [0.1, 0.15) is 0 Å². The van der Waals surface area contributed by atoms with Gasteiger partial charge >= 0.3 is 0 Å². The second kappa shape index (κ2) is 5.77. The summed E-state index contributed by atoms with van der Waals surface area (Å²) >= 11 is 0. The summed E-state index contributed by atoms with van der Waals surface area (Å²) in [5.74, 6) is 0. The fraction of sp³-hybridized carbons (Fsp3) is 0.286. The highest BCUT2D eigenvalue weighted by atomic mass is 15.3. The summed E-state index contributed by atoms with van der Waals surface area (Å²) in [5.41, 5.74) is 10.4. The molecule has 0 N–H and O–H groups in total. The highest BCUT2D eigenvalue weighted by Gasteiger charge is 2.21. The van der Waals surface area contributed by atoms with Crippen molar-refractivity contribution in [1.82, 2.24) is 0 Å². The van der Waals surface area contributed by atoms with Gasteiger partial charge in [0.2, 0.25) is 0 Å². The van der Waals surface area contributed by atoms with Crippen LogP contribution >= 0.6 is 0 Å². The van der Waals surface area contributed by atoms with Crippen LogP contribution in [0.3, 0.4) is 0 Å². The Kier molecular flexibility index (Phi) is 3.93. The fourth-order valence-electron chi connectivity index (χ4n) is 3.78. The summed E-state index contributed by atoms with van der Waals surface area (Å²) in [5, 5.41) is 0. The van der Waals surface area contributed by atoms with Crippen LogP contribution in [0.15, 0.2) is 36.7 Å². The molecule has 3 rings (SSSR count). The number of benzene rings is 2. The van der Waals surface area contributed by atoms with Gasteiger partial charge in [-0.1, -0.05) is 35.4 Å². The first kappa shape index (κ1) is 15.7. The smallest absolute Gasteiger partial charge is 0.150 e. The first-order valence-electron chi connectivity index (χ1n) is 8.12. The molecule has 1 aliphatic heterocycles. The van der Waals surface area contributed by atoms with Crippen LogP contribution in [0, 0.1) is 48.2 Å². The molecule has 23 heavy (non-hydrogen) atoms. The Morgan fingerprint density at radius 3 is 1.13 bits per heavy atom. The lowest BCUT2D eigenvalue weighted by Gasteiger charge is -2.26. The van der Waals surface area contributed by atoms with Crippen LogP contribution in [0.4, 0.5) is 11.4 Å². The molecule has 0 unspecified atom stereocenters. The third-order valence-corrected chi connectivity index (χ3v) is 4.42. The minimum atomic E-state index is 1.27. The van der Waals surface area contributed by atoms with Crippen molar-refractivity contribution in [3.8, 4) is 0 Å². The summed E-state index contributed by atoms with van der Waals surface area (Å²) in [6, 6.07) is 8.98. The van der Waals surface area contributed by atoms with Crippen molar-refractivity contribution in [2.24, 2.45) is 0 Å². The minimum absolute atomic E-state index is 1.27. The molecule has 0 aliphatic carbocycles. The first-order chi connectivity index (χ1) is 10.9. The molecule has 0 saturated heterocycles. The van der Waals surface area contributed by atoms with Crippen molar-refractivity contribution in [3.63, 3.8) is 0 Å². The predicted octanol–water partition coefficient (Wildman–Crippen LogP) is 5.45. The van der Waals surface area contributed by atoms with Gasteiger partial charge in [-0.05, 0) is 63.8 Å². The van der Waals surface area contributed by atoms with Crippen molar-refractivity contribution >= 4 is 11.4 Å². The second-order valence-electron chi connectivity index (χ2n) is 6.72. The van der Waals surface area contributed by atoms with Gasteiger partial charge in [-0.3, -0.25) is 0 Å². The molecule has 2 heteroatoms. The fourth-order valence-corrected chi connectivity index (χ4v) is 3.78. The van der Waals surface area contributed by atoms with Gasteiger partial charge in [-0.2, -0.15) is 0 Å². The van der Waals surface area contributed by atoms with E-state index in [1.165, 1.54) is 44.8 Å². The maximum Gasteiger partial charge on any atom is 0.150 e. The van der Waals surface area contributed by atoms with Crippen LogP contribution in [0.25, 0.3) is 0 Å². The van der Waals surface area contributed by atoms with Crippen molar-refractivity contribution < 1.29 is 0 Å². The van der Waals surface area contributed by atoms with E-state index in [-0.39, 0.29) is 0 Å². The zero-order valence-electron chi connectivity index (χ0n) is 14.9. The van der Waals surface area contributed by atoms with Crippen molar-refractivity contribution in [2.75, 3.05) is 9.80 Å². The van der Waals surface area contributed by atoms with Crippen molar-refractivity contribution in [2.45, 2.75) is 41.5 Å². The molecule has 2 nitrogen and oxygen atoms in total. The average Bonchev–Trinajstić information content (AvgIpc) is 2.85. The van der Waals surface area contributed by atoms with Gasteiger partial charge in [0.15, 0.2) is 6.67 Å². The standard InChI is InChI=1S/C21H25N2/c1-14-9-16(3)20(17(4)10-14)22-7-8-23(13-22)21-18(5)11-15(2)12-19(21)6/h7-13H,1-6H3. The molecule has 1 radical (unpaired) electrons. The maximum absolute atomic E-state index is 2.25. The molecule has 119 valence electrons. The summed E-state index contributed by atoms with van der Waals surface area (Å²) in [4.78, 5) is 4.45.